The third-order valence-corrected chi connectivity index (χ3v) is 3.93. The molecule has 6 heteroatoms. The molecule has 1 aliphatic carbocycles. The SMILES string of the molecule is CCN(CC)CCCC(C)NC(=O)N(CC(=O)O)C1CC1. The summed E-state index contributed by atoms with van der Waals surface area (Å²) in [5.74, 6) is -0.953. The molecule has 0 saturated heterocycles. The van der Waals surface area contributed by atoms with E-state index in [4.69, 9.17) is 5.11 Å². The summed E-state index contributed by atoms with van der Waals surface area (Å²) in [7, 11) is 0. The summed E-state index contributed by atoms with van der Waals surface area (Å²) in [5, 5.41) is 11.8. The smallest absolute Gasteiger partial charge is 0.323 e. The van der Waals surface area contributed by atoms with Crippen molar-refractivity contribution in [1.82, 2.24) is 15.1 Å². The molecule has 1 atom stereocenters. The second-order valence-corrected chi connectivity index (χ2v) is 5.77. The first kappa shape index (κ1) is 17.8. The second-order valence-electron chi connectivity index (χ2n) is 5.77. The van der Waals surface area contributed by atoms with Gasteiger partial charge in [-0.05, 0) is 52.2 Å². The van der Waals surface area contributed by atoms with E-state index in [-0.39, 0.29) is 24.7 Å². The van der Waals surface area contributed by atoms with Crippen LogP contribution in [-0.2, 0) is 4.79 Å². The molecule has 1 rings (SSSR count). The van der Waals surface area contributed by atoms with Gasteiger partial charge in [-0.1, -0.05) is 13.8 Å². The van der Waals surface area contributed by atoms with E-state index < -0.39 is 5.97 Å². The summed E-state index contributed by atoms with van der Waals surface area (Å²) >= 11 is 0. The third kappa shape index (κ3) is 6.80. The molecule has 21 heavy (non-hydrogen) atoms. The minimum atomic E-state index is -0.953. The van der Waals surface area contributed by atoms with Crippen molar-refractivity contribution in [1.29, 1.82) is 0 Å². The average molecular weight is 299 g/mol. The van der Waals surface area contributed by atoms with E-state index in [9.17, 15) is 9.59 Å². The first-order valence-electron chi connectivity index (χ1n) is 7.99. The summed E-state index contributed by atoms with van der Waals surface area (Å²) in [4.78, 5) is 26.7. The zero-order chi connectivity index (χ0) is 15.8. The fourth-order valence-corrected chi connectivity index (χ4v) is 2.43. The molecule has 0 bridgehead atoms. The van der Waals surface area contributed by atoms with Gasteiger partial charge in [0.1, 0.15) is 6.54 Å². The highest BCUT2D eigenvalue weighted by atomic mass is 16.4. The predicted octanol–water partition coefficient (Wildman–Crippen LogP) is 1.76. The maximum atomic E-state index is 12.1. The Morgan fingerprint density at radius 3 is 2.38 bits per heavy atom. The molecule has 0 aromatic heterocycles. The molecular weight excluding hydrogens is 270 g/mol. The standard InChI is InChI=1S/C15H29N3O3/c1-4-17(5-2)10-6-7-12(3)16-15(21)18(11-14(19)20)13-8-9-13/h12-13H,4-11H2,1-3H3,(H,16,21)(H,19,20). The minimum absolute atomic E-state index is 0.0723. The summed E-state index contributed by atoms with van der Waals surface area (Å²) in [6.45, 7) is 9.20. The van der Waals surface area contributed by atoms with Crippen LogP contribution in [-0.4, -0.2) is 65.2 Å². The number of amides is 2. The molecular formula is C15H29N3O3. The normalized spacial score (nSPS) is 15.8. The molecule has 1 saturated carbocycles. The lowest BCUT2D eigenvalue weighted by atomic mass is 10.2. The van der Waals surface area contributed by atoms with Gasteiger partial charge in [-0.25, -0.2) is 4.79 Å². The predicted molar refractivity (Wildman–Crippen MR) is 82.4 cm³/mol. The number of hydrogen-bond donors (Lipinski definition) is 2. The Morgan fingerprint density at radius 1 is 1.29 bits per heavy atom. The molecule has 122 valence electrons. The van der Waals surface area contributed by atoms with Gasteiger partial charge in [0.25, 0.3) is 0 Å². The Morgan fingerprint density at radius 2 is 1.90 bits per heavy atom. The number of carboxylic acids is 1. The van der Waals surface area contributed by atoms with Crippen LogP contribution in [0.5, 0.6) is 0 Å². The largest absolute Gasteiger partial charge is 0.480 e. The molecule has 6 nitrogen and oxygen atoms in total. The van der Waals surface area contributed by atoms with E-state index in [0.29, 0.717) is 0 Å². The molecule has 1 aliphatic rings. The Bertz CT molecular complexity index is 341. The number of carbonyl (C=O) groups excluding carboxylic acids is 1. The van der Waals surface area contributed by atoms with Crippen molar-refractivity contribution < 1.29 is 14.7 Å². The van der Waals surface area contributed by atoms with E-state index in [1.54, 1.807) is 0 Å². The number of rotatable bonds is 10. The Labute approximate surface area is 127 Å². The lowest BCUT2D eigenvalue weighted by molar-refractivity contribution is -0.137. The molecule has 2 N–H and O–H groups in total. The fourth-order valence-electron chi connectivity index (χ4n) is 2.43. The van der Waals surface area contributed by atoms with E-state index >= 15 is 0 Å². The first-order valence-corrected chi connectivity index (χ1v) is 7.99. The van der Waals surface area contributed by atoms with Crippen molar-refractivity contribution in [3.8, 4) is 0 Å². The first-order chi connectivity index (χ1) is 9.97. The van der Waals surface area contributed by atoms with Crippen molar-refractivity contribution in [2.75, 3.05) is 26.2 Å². The van der Waals surface area contributed by atoms with Crippen molar-refractivity contribution in [2.45, 2.75) is 58.5 Å². The number of urea groups is 1. The van der Waals surface area contributed by atoms with Gasteiger partial charge in [0.2, 0.25) is 0 Å². The monoisotopic (exact) mass is 299 g/mol. The number of carboxylic acid groups (broad SMARTS) is 1. The molecule has 1 fully saturated rings. The highest BCUT2D eigenvalue weighted by Gasteiger charge is 2.34. The van der Waals surface area contributed by atoms with Gasteiger partial charge in [-0.15, -0.1) is 0 Å². The minimum Gasteiger partial charge on any atom is -0.480 e. The van der Waals surface area contributed by atoms with Crippen LogP contribution in [0.1, 0.15) is 46.5 Å². The molecule has 0 heterocycles. The molecule has 2 amide bonds. The van der Waals surface area contributed by atoms with Gasteiger partial charge in [0.15, 0.2) is 0 Å². The van der Waals surface area contributed by atoms with Crippen LogP contribution in [0, 0.1) is 0 Å². The van der Waals surface area contributed by atoms with Crippen LogP contribution >= 0.6 is 0 Å². The summed E-state index contributed by atoms with van der Waals surface area (Å²) < 4.78 is 0. The van der Waals surface area contributed by atoms with Crippen LogP contribution in [0.25, 0.3) is 0 Å². The van der Waals surface area contributed by atoms with Crippen molar-refractivity contribution in [2.24, 2.45) is 0 Å². The topological polar surface area (TPSA) is 72.9 Å². The fraction of sp³-hybridized carbons (Fsp3) is 0.867. The number of aliphatic carboxylic acids is 1. The third-order valence-electron chi connectivity index (χ3n) is 3.93. The second kappa shape index (κ2) is 8.87. The van der Waals surface area contributed by atoms with E-state index in [1.165, 1.54) is 4.90 Å². The van der Waals surface area contributed by atoms with E-state index in [0.717, 1.165) is 45.3 Å². The number of carbonyl (C=O) groups is 2. The van der Waals surface area contributed by atoms with E-state index in [2.05, 4.69) is 24.1 Å². The maximum absolute atomic E-state index is 12.1. The Balaban J connectivity index is 2.29. The molecule has 0 aromatic carbocycles. The molecule has 1 unspecified atom stereocenters. The van der Waals surface area contributed by atoms with Crippen LogP contribution in [0.15, 0.2) is 0 Å². The lowest BCUT2D eigenvalue weighted by Gasteiger charge is -2.24. The van der Waals surface area contributed by atoms with Crippen molar-refractivity contribution in [3.63, 3.8) is 0 Å². The van der Waals surface area contributed by atoms with Crippen molar-refractivity contribution >= 4 is 12.0 Å². The van der Waals surface area contributed by atoms with Gasteiger partial charge in [-0.3, -0.25) is 4.79 Å². The number of hydrogen-bond acceptors (Lipinski definition) is 3. The van der Waals surface area contributed by atoms with Crippen LogP contribution in [0.4, 0.5) is 4.79 Å². The van der Waals surface area contributed by atoms with Crippen molar-refractivity contribution in [3.05, 3.63) is 0 Å². The van der Waals surface area contributed by atoms with Gasteiger partial charge in [0.05, 0.1) is 0 Å². The Hall–Kier alpha value is -1.30. The van der Waals surface area contributed by atoms with Gasteiger partial charge < -0.3 is 20.2 Å². The van der Waals surface area contributed by atoms with Crippen LogP contribution < -0.4 is 5.32 Å². The van der Waals surface area contributed by atoms with Gasteiger partial charge in [-0.2, -0.15) is 0 Å². The molecule has 0 aliphatic heterocycles. The average Bonchev–Trinajstić information content (AvgIpc) is 3.25. The number of nitrogens with zero attached hydrogens (tertiary/aromatic N) is 2. The molecule has 0 spiro atoms. The quantitative estimate of drug-likeness (QED) is 0.644. The number of nitrogens with one attached hydrogen (secondary N) is 1. The maximum Gasteiger partial charge on any atom is 0.323 e. The molecule has 0 aromatic rings. The highest BCUT2D eigenvalue weighted by molar-refractivity contribution is 5.80. The van der Waals surface area contributed by atoms with Gasteiger partial charge >= 0.3 is 12.0 Å². The Kier molecular flexibility index (Phi) is 7.50. The summed E-state index contributed by atoms with van der Waals surface area (Å²) in [5.41, 5.74) is 0. The zero-order valence-corrected chi connectivity index (χ0v) is 13.5. The molecule has 0 radical (unpaired) electrons. The highest BCUT2D eigenvalue weighted by Crippen LogP contribution is 2.26. The zero-order valence-electron chi connectivity index (χ0n) is 13.5. The van der Waals surface area contributed by atoms with Gasteiger partial charge in [0, 0.05) is 12.1 Å². The summed E-state index contributed by atoms with van der Waals surface area (Å²) in [6.07, 6.45) is 3.77. The summed E-state index contributed by atoms with van der Waals surface area (Å²) in [6, 6.07) is -0.0534. The van der Waals surface area contributed by atoms with Crippen LogP contribution in [0.2, 0.25) is 0 Å². The van der Waals surface area contributed by atoms with Crippen LogP contribution in [0.3, 0.4) is 0 Å². The lowest BCUT2D eigenvalue weighted by Crippen LogP contribution is -2.47. The van der Waals surface area contributed by atoms with E-state index in [1.807, 2.05) is 6.92 Å².